The Labute approximate surface area is 153 Å². The molecule has 1 aromatic rings. The van der Waals surface area contributed by atoms with Crippen molar-refractivity contribution in [2.75, 3.05) is 20.3 Å². The van der Waals surface area contributed by atoms with Crippen molar-refractivity contribution in [2.24, 2.45) is 11.8 Å². The summed E-state index contributed by atoms with van der Waals surface area (Å²) in [5.41, 5.74) is -1.81. The molecule has 0 aromatic carbocycles. The number of fused-ring (bicyclic) bond motifs is 1. The van der Waals surface area contributed by atoms with Crippen LogP contribution in [0, 0.1) is 11.8 Å². The highest BCUT2D eigenvalue weighted by molar-refractivity contribution is 6.31. The number of methoxy groups -OCH3 is 1. The molecule has 1 aromatic heterocycles. The van der Waals surface area contributed by atoms with Crippen LogP contribution in [0.4, 0.5) is 13.2 Å². The van der Waals surface area contributed by atoms with E-state index in [9.17, 15) is 27.9 Å². The first-order chi connectivity index (χ1) is 12.8. The standard InChI is InChI=1S/C18H18F3NO5/c1-26-6-7-27-8-12-11(4-5-13(22-12)18(19,20)21)17(25)14-15(23)9-2-3-10(9)16(14)24/h4-5,9-10,25H,2-3,6-8H2,1H3/t9-,10?/m1/s1. The molecule has 0 amide bonds. The Morgan fingerprint density at radius 3 is 2.33 bits per heavy atom. The van der Waals surface area contributed by atoms with Gasteiger partial charge in [0.25, 0.3) is 0 Å². The number of nitrogens with zero attached hydrogens (tertiary/aromatic N) is 1. The van der Waals surface area contributed by atoms with Gasteiger partial charge in [0.15, 0.2) is 11.6 Å². The lowest BCUT2D eigenvalue weighted by molar-refractivity contribution is -0.141. The van der Waals surface area contributed by atoms with E-state index in [1.54, 1.807) is 0 Å². The molecule has 146 valence electrons. The van der Waals surface area contributed by atoms with E-state index in [0.29, 0.717) is 18.9 Å². The number of rotatable bonds is 6. The number of pyridine rings is 1. The number of carbonyl (C=O) groups is 2. The van der Waals surface area contributed by atoms with E-state index in [4.69, 9.17) is 9.47 Å². The third kappa shape index (κ3) is 3.61. The van der Waals surface area contributed by atoms with Gasteiger partial charge in [0.1, 0.15) is 17.0 Å². The first-order valence-electron chi connectivity index (χ1n) is 8.41. The molecular weight excluding hydrogens is 367 g/mol. The lowest BCUT2D eigenvalue weighted by Gasteiger charge is -2.25. The van der Waals surface area contributed by atoms with Crippen molar-refractivity contribution in [1.82, 2.24) is 4.98 Å². The Morgan fingerprint density at radius 1 is 1.19 bits per heavy atom. The second kappa shape index (κ2) is 7.40. The number of alkyl halides is 3. The van der Waals surface area contributed by atoms with E-state index < -0.39 is 41.0 Å². The summed E-state index contributed by atoms with van der Waals surface area (Å²) in [7, 11) is 1.44. The molecule has 0 radical (unpaired) electrons. The largest absolute Gasteiger partial charge is 0.506 e. The predicted molar refractivity (Wildman–Crippen MR) is 86.5 cm³/mol. The number of ether oxygens (including phenoxy) is 2. The molecule has 0 bridgehead atoms. The van der Waals surface area contributed by atoms with Gasteiger partial charge >= 0.3 is 6.18 Å². The molecular formula is C18H18F3NO5. The van der Waals surface area contributed by atoms with Gasteiger partial charge in [0, 0.05) is 24.5 Å². The first kappa shape index (κ1) is 19.5. The molecule has 2 saturated carbocycles. The minimum atomic E-state index is -4.68. The zero-order chi connectivity index (χ0) is 19.8. The Morgan fingerprint density at radius 2 is 1.81 bits per heavy atom. The molecule has 1 unspecified atom stereocenters. The number of carbonyl (C=O) groups excluding carboxylic acids is 2. The Bertz CT molecular complexity index is 779. The molecule has 2 aliphatic rings. The van der Waals surface area contributed by atoms with Gasteiger partial charge in [0.05, 0.1) is 25.5 Å². The van der Waals surface area contributed by atoms with Crippen LogP contribution in [0.2, 0.25) is 0 Å². The summed E-state index contributed by atoms with van der Waals surface area (Å²) >= 11 is 0. The van der Waals surface area contributed by atoms with E-state index in [1.807, 2.05) is 0 Å². The maximum absolute atomic E-state index is 13.0. The maximum Gasteiger partial charge on any atom is 0.433 e. The molecule has 3 rings (SSSR count). The summed E-state index contributed by atoms with van der Waals surface area (Å²) in [4.78, 5) is 28.2. The van der Waals surface area contributed by atoms with E-state index in [0.717, 1.165) is 6.07 Å². The van der Waals surface area contributed by atoms with E-state index in [-0.39, 0.29) is 36.7 Å². The van der Waals surface area contributed by atoms with Crippen LogP contribution in [0.5, 0.6) is 0 Å². The molecule has 0 saturated heterocycles. The van der Waals surface area contributed by atoms with E-state index in [1.165, 1.54) is 7.11 Å². The van der Waals surface area contributed by atoms with Crippen molar-refractivity contribution < 1.29 is 37.3 Å². The Kier molecular flexibility index (Phi) is 5.34. The van der Waals surface area contributed by atoms with E-state index in [2.05, 4.69) is 4.98 Å². The third-order valence-corrected chi connectivity index (χ3v) is 4.87. The van der Waals surface area contributed by atoms with Gasteiger partial charge in [-0.1, -0.05) is 0 Å². The van der Waals surface area contributed by atoms with Crippen molar-refractivity contribution in [3.63, 3.8) is 0 Å². The van der Waals surface area contributed by atoms with Crippen LogP contribution in [0.15, 0.2) is 17.7 Å². The van der Waals surface area contributed by atoms with E-state index >= 15 is 0 Å². The lowest BCUT2D eigenvalue weighted by atomic mass is 9.76. The third-order valence-electron chi connectivity index (χ3n) is 4.87. The lowest BCUT2D eigenvalue weighted by Crippen LogP contribution is -2.27. The normalized spacial score (nSPS) is 24.0. The molecule has 0 spiro atoms. The van der Waals surface area contributed by atoms with Gasteiger partial charge in [-0.05, 0) is 25.0 Å². The molecule has 6 nitrogen and oxygen atoms in total. The Hall–Kier alpha value is -2.26. The van der Waals surface area contributed by atoms with Gasteiger partial charge in [-0.25, -0.2) is 4.98 Å². The quantitative estimate of drug-likeness (QED) is 0.351. The van der Waals surface area contributed by atoms with Gasteiger partial charge in [-0.15, -0.1) is 0 Å². The number of aromatic nitrogens is 1. The molecule has 27 heavy (non-hydrogen) atoms. The van der Waals surface area contributed by atoms with Crippen LogP contribution in [-0.4, -0.2) is 42.0 Å². The molecule has 1 heterocycles. The summed E-state index contributed by atoms with van der Waals surface area (Å²) in [5.74, 6) is -2.41. The summed E-state index contributed by atoms with van der Waals surface area (Å²) < 4.78 is 49.0. The molecule has 1 N–H and O–H groups in total. The monoisotopic (exact) mass is 385 g/mol. The van der Waals surface area contributed by atoms with Crippen LogP contribution in [-0.2, 0) is 31.8 Å². The number of hydrogen-bond acceptors (Lipinski definition) is 6. The van der Waals surface area contributed by atoms with Gasteiger partial charge in [0.2, 0.25) is 0 Å². The van der Waals surface area contributed by atoms with Crippen molar-refractivity contribution in [1.29, 1.82) is 0 Å². The van der Waals surface area contributed by atoms with Crippen molar-refractivity contribution in [3.05, 3.63) is 34.7 Å². The highest BCUT2D eigenvalue weighted by atomic mass is 19.4. The minimum absolute atomic E-state index is 0.104. The van der Waals surface area contributed by atoms with Crippen LogP contribution in [0.1, 0.15) is 29.8 Å². The molecule has 2 aliphatic carbocycles. The number of hydrogen-bond donors (Lipinski definition) is 1. The number of aliphatic hydroxyl groups is 1. The summed E-state index contributed by atoms with van der Waals surface area (Å²) in [6.07, 6.45) is -3.53. The van der Waals surface area contributed by atoms with Crippen LogP contribution in [0.3, 0.4) is 0 Å². The zero-order valence-corrected chi connectivity index (χ0v) is 14.5. The predicted octanol–water partition coefficient (Wildman–Crippen LogP) is 2.71. The number of ketones is 2. The van der Waals surface area contributed by atoms with Crippen LogP contribution in [0.25, 0.3) is 5.76 Å². The summed E-state index contributed by atoms with van der Waals surface area (Å²) in [6.45, 7) is -0.00982. The van der Waals surface area contributed by atoms with Crippen molar-refractivity contribution in [3.8, 4) is 0 Å². The smallest absolute Gasteiger partial charge is 0.433 e. The summed E-state index contributed by atoms with van der Waals surface area (Å²) in [6, 6.07) is 1.71. The average molecular weight is 385 g/mol. The summed E-state index contributed by atoms with van der Waals surface area (Å²) in [5, 5.41) is 10.5. The van der Waals surface area contributed by atoms with Gasteiger partial charge in [-0.2, -0.15) is 13.2 Å². The Balaban J connectivity index is 1.99. The fourth-order valence-electron chi connectivity index (χ4n) is 3.28. The van der Waals surface area contributed by atoms with Crippen LogP contribution >= 0.6 is 0 Å². The number of Topliss-reactive ketones (excluding diaryl/α,β-unsaturated/α-hetero) is 2. The van der Waals surface area contributed by atoms with Crippen molar-refractivity contribution in [2.45, 2.75) is 25.6 Å². The average Bonchev–Trinajstić information content (AvgIpc) is 2.73. The number of allylic oxidation sites excluding steroid dienone is 1. The number of aliphatic hydroxyl groups excluding tert-OH is 1. The second-order valence-corrected chi connectivity index (χ2v) is 6.48. The highest BCUT2D eigenvalue weighted by Crippen LogP contribution is 2.46. The minimum Gasteiger partial charge on any atom is -0.506 e. The van der Waals surface area contributed by atoms with Gasteiger partial charge in [-0.3, -0.25) is 9.59 Å². The molecule has 2 fully saturated rings. The number of halogens is 3. The van der Waals surface area contributed by atoms with Gasteiger partial charge < -0.3 is 14.6 Å². The first-order valence-corrected chi connectivity index (χ1v) is 8.41. The highest BCUT2D eigenvalue weighted by Gasteiger charge is 2.52. The fraction of sp³-hybridized carbons (Fsp3) is 0.500. The maximum atomic E-state index is 13.0. The van der Waals surface area contributed by atoms with Crippen LogP contribution < -0.4 is 0 Å². The van der Waals surface area contributed by atoms with Crippen molar-refractivity contribution >= 4 is 17.3 Å². The second-order valence-electron chi connectivity index (χ2n) is 6.48. The topological polar surface area (TPSA) is 85.7 Å². The molecule has 9 heteroatoms. The fourth-order valence-corrected chi connectivity index (χ4v) is 3.28. The molecule has 0 aliphatic heterocycles. The molecule has 2 atom stereocenters. The zero-order valence-electron chi connectivity index (χ0n) is 14.5. The SMILES string of the molecule is COCCOCc1nc(C(F)(F)F)ccc1C(O)=C1C(=O)C2CC[C@H]2C1=O.